The summed E-state index contributed by atoms with van der Waals surface area (Å²) in [5.74, 6) is -1.86. The van der Waals surface area contributed by atoms with Gasteiger partial charge in [0.05, 0.1) is 18.1 Å². The van der Waals surface area contributed by atoms with Crippen molar-refractivity contribution >= 4 is 52.8 Å². The van der Waals surface area contributed by atoms with Crippen LogP contribution in [0.5, 0.6) is 0 Å². The zero-order chi connectivity index (χ0) is 41.4. The maximum Gasteiger partial charge on any atom is 0.255 e. The Balaban J connectivity index is 0.997. The Bertz CT molecular complexity index is 2180. The number of hydrogen-bond donors (Lipinski definition) is 4. The van der Waals surface area contributed by atoms with Gasteiger partial charge in [-0.1, -0.05) is 55.5 Å². The number of allylic oxidation sites excluding steroid dienone is 5. The van der Waals surface area contributed by atoms with E-state index < -0.39 is 41.9 Å². The minimum Gasteiger partial charge on any atom is -0.393 e. The van der Waals surface area contributed by atoms with Gasteiger partial charge in [0.25, 0.3) is 11.8 Å². The van der Waals surface area contributed by atoms with E-state index in [4.69, 9.17) is 4.74 Å². The number of nitrogens with zero attached hydrogens (tertiary/aromatic N) is 1. The quantitative estimate of drug-likeness (QED) is 0.0933. The minimum atomic E-state index is -1.33. The van der Waals surface area contributed by atoms with Crippen molar-refractivity contribution < 1.29 is 44.0 Å². The summed E-state index contributed by atoms with van der Waals surface area (Å²) in [4.78, 5) is 64.5. The highest BCUT2D eigenvalue weighted by molar-refractivity contribution is 7.99. The van der Waals surface area contributed by atoms with E-state index in [0.29, 0.717) is 41.6 Å². The molecule has 0 aliphatic heterocycles. The highest BCUT2D eigenvalue weighted by atomic mass is 32.2. The number of hydrogen-bond acceptors (Lipinski definition) is 10. The molecule has 11 nitrogen and oxygen atoms in total. The molecule has 3 unspecified atom stereocenters. The van der Waals surface area contributed by atoms with Crippen LogP contribution < -0.4 is 10.2 Å². The molecule has 0 heterocycles. The second-order valence-electron chi connectivity index (χ2n) is 16.3. The van der Waals surface area contributed by atoms with Crippen LogP contribution in [-0.2, 0) is 23.9 Å². The number of likely N-dealkylation sites (N-methyl/N-ethyl adjacent to an activating group) is 1. The summed E-state index contributed by atoms with van der Waals surface area (Å²) in [5.41, 5.74) is 1.99. The summed E-state index contributed by atoms with van der Waals surface area (Å²) in [5, 5.41) is 36.1. The Hall–Kier alpha value is -4.98. The molecular formula is C46H48N2O9S. The van der Waals surface area contributed by atoms with E-state index in [2.05, 4.69) is 12.2 Å². The SMILES string of the molecule is CN(C(=O)/C=C\C=O)c1ccc(C(=O)Nc2cccc(Sc3ccc([C@@H](O)OC4CC5[C@@H]6CCC7=CC(=O)C=C[C@]7(C)C6[C@@H](O)C[C@]5(C)[C@H]4C(=O)CO)cc3)c2)cc1. The third-order valence-electron chi connectivity index (χ3n) is 13.0. The number of aldehydes is 1. The normalized spacial score (nSPS) is 29.1. The molecule has 3 saturated carbocycles. The summed E-state index contributed by atoms with van der Waals surface area (Å²) in [6, 6.07) is 21.2. The molecule has 0 spiro atoms. The van der Waals surface area contributed by atoms with E-state index >= 15 is 0 Å². The van der Waals surface area contributed by atoms with Crippen molar-refractivity contribution in [2.45, 2.75) is 67.8 Å². The van der Waals surface area contributed by atoms with Crippen molar-refractivity contribution in [2.24, 2.45) is 34.5 Å². The third kappa shape index (κ3) is 7.91. The number of ketones is 2. The summed E-state index contributed by atoms with van der Waals surface area (Å²) in [6.45, 7) is 3.46. The lowest BCUT2D eigenvalue weighted by Crippen LogP contribution is -2.56. The average Bonchev–Trinajstić information content (AvgIpc) is 3.50. The number of aliphatic hydroxyl groups excluding tert-OH is 3. The monoisotopic (exact) mass is 804 g/mol. The Kier molecular flexibility index (Phi) is 11.9. The van der Waals surface area contributed by atoms with Crippen LogP contribution in [0.15, 0.2) is 119 Å². The maximum absolute atomic E-state index is 13.5. The van der Waals surface area contributed by atoms with E-state index in [-0.39, 0.29) is 41.1 Å². The van der Waals surface area contributed by atoms with Crippen LogP contribution in [0.4, 0.5) is 11.4 Å². The number of benzene rings is 3. The average molecular weight is 805 g/mol. The molecular weight excluding hydrogens is 757 g/mol. The summed E-state index contributed by atoms with van der Waals surface area (Å²) >= 11 is 1.47. The Morgan fingerprint density at radius 1 is 1.05 bits per heavy atom. The van der Waals surface area contributed by atoms with Gasteiger partial charge in [0, 0.05) is 56.7 Å². The largest absolute Gasteiger partial charge is 0.393 e. The molecule has 302 valence electrons. The van der Waals surface area contributed by atoms with Gasteiger partial charge < -0.3 is 30.3 Å². The number of amides is 2. The number of rotatable bonds is 12. The lowest BCUT2D eigenvalue weighted by atomic mass is 9.46. The van der Waals surface area contributed by atoms with Crippen LogP contribution in [0.2, 0.25) is 0 Å². The standard InChI is InChI=1S/C46H48N2O9S/c1-45-20-19-32(51)22-29(45)13-18-35-36-24-39(42(38(53)26-50)46(36,2)25-37(52)41(35)45)57-44(56)28-11-16-33(17-12-28)58-34-7-4-6-30(23-34)47-43(55)27-9-14-31(15-10-27)48(3)40(54)8-5-21-49/h4-12,14-17,19-23,35-37,39,41-42,44,50,52,56H,13,18,24-26H2,1-3H3,(H,47,55)/b8-5-/t35-,36?,37-,39?,41?,42-,44-,45-,46-/m0/s1. The van der Waals surface area contributed by atoms with Gasteiger partial charge in [-0.25, -0.2) is 0 Å². The first-order chi connectivity index (χ1) is 27.7. The third-order valence-corrected chi connectivity index (χ3v) is 14.0. The number of nitrogens with one attached hydrogen (secondary N) is 1. The first-order valence-electron chi connectivity index (χ1n) is 19.5. The van der Waals surface area contributed by atoms with Crippen LogP contribution in [0, 0.1) is 34.5 Å². The van der Waals surface area contributed by atoms with Crippen LogP contribution in [0.1, 0.15) is 61.7 Å². The molecule has 7 rings (SSSR count). The van der Waals surface area contributed by atoms with Crippen molar-refractivity contribution in [1.82, 2.24) is 0 Å². The number of fused-ring (bicyclic) bond motifs is 5. The molecule has 3 aromatic rings. The van der Waals surface area contributed by atoms with Gasteiger partial charge in [-0.3, -0.25) is 24.0 Å². The second kappa shape index (κ2) is 16.7. The second-order valence-corrected chi connectivity index (χ2v) is 17.4. The molecule has 4 N–H and O–H groups in total. The van der Waals surface area contributed by atoms with Crippen LogP contribution in [0.25, 0.3) is 0 Å². The van der Waals surface area contributed by atoms with Gasteiger partial charge in [-0.2, -0.15) is 0 Å². The molecule has 0 bridgehead atoms. The Morgan fingerprint density at radius 3 is 2.50 bits per heavy atom. The fraction of sp³-hybridized carbons (Fsp3) is 0.370. The minimum absolute atomic E-state index is 0.00484. The topological polar surface area (TPSA) is 171 Å². The van der Waals surface area contributed by atoms with E-state index in [9.17, 15) is 39.3 Å². The van der Waals surface area contributed by atoms with Gasteiger partial charge in [0.2, 0.25) is 0 Å². The molecule has 0 saturated heterocycles. The Labute approximate surface area is 341 Å². The van der Waals surface area contributed by atoms with Gasteiger partial charge in [-0.15, -0.1) is 0 Å². The number of carbonyl (C=O) groups excluding carboxylic acids is 5. The fourth-order valence-corrected chi connectivity index (χ4v) is 11.1. The lowest BCUT2D eigenvalue weighted by molar-refractivity contribution is -0.167. The predicted molar refractivity (Wildman–Crippen MR) is 219 cm³/mol. The molecule has 2 amide bonds. The number of carbonyl (C=O) groups is 5. The first-order valence-corrected chi connectivity index (χ1v) is 20.4. The highest BCUT2D eigenvalue weighted by Gasteiger charge is 2.65. The van der Waals surface area contributed by atoms with Crippen LogP contribution in [-0.4, -0.2) is 70.8 Å². The summed E-state index contributed by atoms with van der Waals surface area (Å²) in [6.07, 6.45) is 7.69. The first kappa shape index (κ1) is 41.2. The number of anilines is 2. The molecule has 9 atom stereocenters. The van der Waals surface area contributed by atoms with E-state index in [1.807, 2.05) is 43.3 Å². The molecule has 0 radical (unpaired) electrons. The van der Waals surface area contributed by atoms with Crippen molar-refractivity contribution in [3.05, 3.63) is 120 Å². The molecule has 4 aliphatic carbocycles. The zero-order valence-electron chi connectivity index (χ0n) is 32.6. The molecule has 4 aliphatic rings. The number of ether oxygens (including phenoxy) is 1. The molecule has 58 heavy (non-hydrogen) atoms. The van der Waals surface area contributed by atoms with E-state index in [1.54, 1.807) is 61.7 Å². The van der Waals surface area contributed by atoms with E-state index in [0.717, 1.165) is 40.4 Å². The van der Waals surface area contributed by atoms with Gasteiger partial charge in [-0.05, 0) is 116 Å². The lowest BCUT2D eigenvalue weighted by Gasteiger charge is -2.58. The maximum atomic E-state index is 13.5. The summed E-state index contributed by atoms with van der Waals surface area (Å²) < 4.78 is 6.33. The number of aliphatic hydroxyl groups is 3. The van der Waals surface area contributed by atoms with Crippen LogP contribution >= 0.6 is 11.8 Å². The van der Waals surface area contributed by atoms with Crippen molar-refractivity contribution in [2.75, 3.05) is 23.9 Å². The molecule has 12 heteroatoms. The Morgan fingerprint density at radius 2 is 1.79 bits per heavy atom. The van der Waals surface area contributed by atoms with E-state index in [1.165, 1.54) is 16.7 Å². The predicted octanol–water partition coefficient (Wildman–Crippen LogP) is 6.25. The van der Waals surface area contributed by atoms with Crippen molar-refractivity contribution in [1.29, 1.82) is 0 Å². The van der Waals surface area contributed by atoms with Gasteiger partial charge in [0.1, 0.15) is 12.9 Å². The molecule has 3 aromatic carbocycles. The van der Waals surface area contributed by atoms with Crippen molar-refractivity contribution in [3.63, 3.8) is 0 Å². The smallest absolute Gasteiger partial charge is 0.255 e. The number of Topliss-reactive ketones (excluding diaryl/α,β-unsaturated/α-hetero) is 1. The zero-order valence-corrected chi connectivity index (χ0v) is 33.4. The summed E-state index contributed by atoms with van der Waals surface area (Å²) in [7, 11) is 1.57. The van der Waals surface area contributed by atoms with Gasteiger partial charge in [0.15, 0.2) is 17.9 Å². The van der Waals surface area contributed by atoms with Gasteiger partial charge >= 0.3 is 0 Å². The van der Waals surface area contributed by atoms with Crippen molar-refractivity contribution in [3.8, 4) is 0 Å². The fourth-order valence-electron chi connectivity index (χ4n) is 10.2. The molecule has 0 aromatic heterocycles. The molecule has 3 fully saturated rings. The van der Waals surface area contributed by atoms with Crippen LogP contribution in [0.3, 0.4) is 0 Å². The highest BCUT2D eigenvalue weighted by Crippen LogP contribution is 2.66.